The van der Waals surface area contributed by atoms with Gasteiger partial charge >= 0.3 is 0 Å². The topological polar surface area (TPSA) is 51.0 Å². The van der Waals surface area contributed by atoms with Gasteiger partial charge in [0.25, 0.3) is 0 Å². The van der Waals surface area contributed by atoms with Crippen molar-refractivity contribution in [2.24, 2.45) is 0 Å². The van der Waals surface area contributed by atoms with Crippen LogP contribution in [0.25, 0.3) is 11.5 Å². The van der Waals surface area contributed by atoms with E-state index >= 15 is 0 Å². The fraction of sp³-hybridized carbons (Fsp3) is 0.467. The zero-order valence-electron chi connectivity index (χ0n) is 11.4. The number of aromatic nitrogens is 2. The zero-order chi connectivity index (χ0) is 13.6. The van der Waals surface area contributed by atoms with E-state index in [9.17, 15) is 0 Å². The Balaban J connectivity index is 1.50. The maximum atomic E-state index is 5.69. The minimum atomic E-state index is 0.605. The maximum Gasteiger partial charge on any atom is 0.247 e. The second-order valence-corrected chi connectivity index (χ2v) is 6.13. The van der Waals surface area contributed by atoms with Crippen LogP contribution in [0, 0.1) is 0 Å². The second-order valence-electron chi connectivity index (χ2n) is 4.99. The maximum absolute atomic E-state index is 5.69. The molecule has 106 valence electrons. The summed E-state index contributed by atoms with van der Waals surface area (Å²) in [5.41, 5.74) is 0.975. The van der Waals surface area contributed by atoms with E-state index in [-0.39, 0.29) is 0 Å². The number of nitrogens with zero attached hydrogens (tertiary/aromatic N) is 2. The molecule has 5 heteroatoms. The van der Waals surface area contributed by atoms with Crippen molar-refractivity contribution < 1.29 is 4.42 Å². The quantitative estimate of drug-likeness (QED) is 0.917. The van der Waals surface area contributed by atoms with Gasteiger partial charge in [-0.25, -0.2) is 0 Å². The van der Waals surface area contributed by atoms with E-state index in [2.05, 4.69) is 15.5 Å². The van der Waals surface area contributed by atoms with E-state index < -0.39 is 0 Å². The number of benzene rings is 1. The van der Waals surface area contributed by atoms with Crippen LogP contribution in [0.3, 0.4) is 0 Å². The van der Waals surface area contributed by atoms with Crippen molar-refractivity contribution >= 4 is 11.8 Å². The molecule has 2 heterocycles. The Hall–Kier alpha value is -1.33. The number of hydrogen-bond donors (Lipinski definition) is 1. The first-order valence-corrected chi connectivity index (χ1v) is 8.26. The highest BCUT2D eigenvalue weighted by molar-refractivity contribution is 7.99. The van der Waals surface area contributed by atoms with Crippen LogP contribution in [0.15, 0.2) is 34.7 Å². The fourth-order valence-electron chi connectivity index (χ4n) is 2.34. The molecule has 0 radical (unpaired) electrons. The van der Waals surface area contributed by atoms with Crippen molar-refractivity contribution in [3.8, 4) is 11.5 Å². The second kappa shape index (κ2) is 6.90. The van der Waals surface area contributed by atoms with Gasteiger partial charge in [0.05, 0.1) is 0 Å². The summed E-state index contributed by atoms with van der Waals surface area (Å²) in [4.78, 5) is 0. The zero-order valence-corrected chi connectivity index (χ0v) is 12.2. The summed E-state index contributed by atoms with van der Waals surface area (Å²) in [6.07, 6.45) is 3.40. The first kappa shape index (κ1) is 13.6. The number of thioether (sulfide) groups is 1. The van der Waals surface area contributed by atoms with E-state index in [1.165, 1.54) is 24.3 Å². The van der Waals surface area contributed by atoms with Gasteiger partial charge < -0.3 is 9.73 Å². The van der Waals surface area contributed by atoms with Crippen LogP contribution in [-0.4, -0.2) is 34.3 Å². The summed E-state index contributed by atoms with van der Waals surface area (Å²) in [5, 5.41) is 11.8. The van der Waals surface area contributed by atoms with Crippen molar-refractivity contribution in [2.45, 2.75) is 25.3 Å². The molecule has 2 aromatic rings. The first-order chi connectivity index (χ1) is 9.92. The molecular formula is C15H19N3OS. The Morgan fingerprint density at radius 3 is 2.95 bits per heavy atom. The molecule has 0 bridgehead atoms. The monoisotopic (exact) mass is 289 g/mol. The predicted molar refractivity (Wildman–Crippen MR) is 81.8 cm³/mol. The third-order valence-electron chi connectivity index (χ3n) is 3.42. The predicted octanol–water partition coefficient (Wildman–Crippen LogP) is 2.76. The van der Waals surface area contributed by atoms with Gasteiger partial charge in [-0.1, -0.05) is 18.2 Å². The minimum absolute atomic E-state index is 0.605. The van der Waals surface area contributed by atoms with Crippen molar-refractivity contribution in [3.05, 3.63) is 36.2 Å². The molecule has 0 unspecified atom stereocenters. The minimum Gasteiger partial charge on any atom is -0.421 e. The van der Waals surface area contributed by atoms with Gasteiger partial charge in [-0.15, -0.1) is 10.2 Å². The van der Waals surface area contributed by atoms with E-state index in [1.807, 2.05) is 42.1 Å². The largest absolute Gasteiger partial charge is 0.421 e. The van der Waals surface area contributed by atoms with Crippen molar-refractivity contribution in [3.63, 3.8) is 0 Å². The highest BCUT2D eigenvalue weighted by Gasteiger charge is 2.13. The third-order valence-corrected chi connectivity index (χ3v) is 4.64. The summed E-state index contributed by atoms with van der Waals surface area (Å²) < 4.78 is 5.69. The van der Waals surface area contributed by atoms with Gasteiger partial charge in [0.1, 0.15) is 0 Å². The van der Waals surface area contributed by atoms with Gasteiger partial charge in [-0.05, 0) is 30.7 Å². The average Bonchev–Trinajstić information content (AvgIpc) is 2.98. The van der Waals surface area contributed by atoms with Gasteiger partial charge in [0.2, 0.25) is 11.8 Å². The molecule has 1 N–H and O–H groups in total. The summed E-state index contributed by atoms with van der Waals surface area (Å²) >= 11 is 2.04. The molecule has 1 aromatic heterocycles. The highest BCUT2D eigenvalue weighted by atomic mass is 32.2. The van der Waals surface area contributed by atoms with Gasteiger partial charge in [0, 0.05) is 30.3 Å². The summed E-state index contributed by atoms with van der Waals surface area (Å²) in [7, 11) is 0. The Bertz CT molecular complexity index is 523. The molecule has 4 nitrogen and oxygen atoms in total. The molecule has 0 spiro atoms. The first-order valence-electron chi connectivity index (χ1n) is 7.11. The Labute approximate surface area is 123 Å². The van der Waals surface area contributed by atoms with Gasteiger partial charge in [-0.2, -0.15) is 11.8 Å². The lowest BCUT2D eigenvalue weighted by molar-refractivity contribution is 0.465. The standard InChI is InChI=1S/C15H19N3OS/c1-2-5-12(6-3-1)15-18-17-14(19-15)8-9-16-13-7-4-10-20-11-13/h1-3,5-6,13,16H,4,7-11H2/t13-/m0/s1. The number of hydrogen-bond acceptors (Lipinski definition) is 5. The molecule has 1 saturated heterocycles. The Morgan fingerprint density at radius 1 is 1.25 bits per heavy atom. The molecular weight excluding hydrogens is 270 g/mol. The highest BCUT2D eigenvalue weighted by Crippen LogP contribution is 2.18. The number of rotatable bonds is 5. The smallest absolute Gasteiger partial charge is 0.247 e. The molecule has 1 aliphatic heterocycles. The van der Waals surface area contributed by atoms with Gasteiger partial charge in [-0.3, -0.25) is 0 Å². The Morgan fingerprint density at radius 2 is 2.15 bits per heavy atom. The molecule has 0 aliphatic carbocycles. The van der Waals surface area contributed by atoms with Crippen LogP contribution < -0.4 is 5.32 Å². The van der Waals surface area contributed by atoms with Crippen LogP contribution in [0.1, 0.15) is 18.7 Å². The molecule has 0 saturated carbocycles. The normalized spacial score (nSPS) is 19.1. The number of nitrogens with one attached hydrogen (secondary N) is 1. The lowest BCUT2D eigenvalue weighted by atomic mass is 10.2. The molecule has 3 rings (SSSR count). The van der Waals surface area contributed by atoms with E-state index in [4.69, 9.17) is 4.42 Å². The van der Waals surface area contributed by atoms with E-state index in [1.54, 1.807) is 0 Å². The van der Waals surface area contributed by atoms with Crippen LogP contribution in [0.2, 0.25) is 0 Å². The van der Waals surface area contributed by atoms with Crippen molar-refractivity contribution in [2.75, 3.05) is 18.1 Å². The van der Waals surface area contributed by atoms with Crippen LogP contribution >= 0.6 is 11.8 Å². The Kier molecular flexibility index (Phi) is 4.71. The van der Waals surface area contributed by atoms with Crippen molar-refractivity contribution in [1.82, 2.24) is 15.5 Å². The molecule has 1 fully saturated rings. The van der Waals surface area contributed by atoms with E-state index in [0.29, 0.717) is 17.8 Å². The summed E-state index contributed by atoms with van der Waals surface area (Å²) in [5.74, 6) is 3.84. The lowest BCUT2D eigenvalue weighted by Crippen LogP contribution is -2.35. The molecule has 20 heavy (non-hydrogen) atoms. The van der Waals surface area contributed by atoms with Crippen LogP contribution in [0.5, 0.6) is 0 Å². The average molecular weight is 289 g/mol. The summed E-state index contributed by atoms with van der Waals surface area (Å²) in [6, 6.07) is 10.5. The van der Waals surface area contributed by atoms with Crippen LogP contribution in [-0.2, 0) is 6.42 Å². The van der Waals surface area contributed by atoms with Crippen LogP contribution in [0.4, 0.5) is 0 Å². The van der Waals surface area contributed by atoms with E-state index in [0.717, 1.165) is 18.5 Å². The van der Waals surface area contributed by atoms with Crippen molar-refractivity contribution in [1.29, 1.82) is 0 Å². The molecule has 1 aliphatic rings. The summed E-state index contributed by atoms with van der Waals surface area (Å²) in [6.45, 7) is 0.904. The fourth-order valence-corrected chi connectivity index (χ4v) is 3.44. The lowest BCUT2D eigenvalue weighted by Gasteiger charge is -2.22. The molecule has 0 amide bonds. The molecule has 1 atom stereocenters. The SMILES string of the molecule is c1ccc(-c2nnc(CCN[C@H]3CCCSC3)o2)cc1. The third kappa shape index (κ3) is 3.61. The molecule has 1 aromatic carbocycles. The van der Waals surface area contributed by atoms with Gasteiger partial charge in [0.15, 0.2) is 0 Å².